The van der Waals surface area contributed by atoms with Gasteiger partial charge in [0, 0.05) is 0 Å². The lowest BCUT2D eigenvalue weighted by Crippen LogP contribution is -2.46. The second-order valence-electron chi connectivity index (χ2n) is 9.43. The summed E-state index contributed by atoms with van der Waals surface area (Å²) in [5.74, 6) is 0. The van der Waals surface area contributed by atoms with Gasteiger partial charge in [-0.25, -0.2) is 0 Å². The highest BCUT2D eigenvalue weighted by molar-refractivity contribution is 5.57. The predicted octanol–water partition coefficient (Wildman–Crippen LogP) is -13.5. The largest absolute Gasteiger partial charge is 0.394 e. The average molecular weight is 721 g/mol. The van der Waals surface area contributed by atoms with Crippen LogP contribution in [0, 0.1) is 0 Å². The molecule has 24 nitrogen and oxygen atoms in total. The minimum absolute atomic E-state index is 0.0258. The van der Waals surface area contributed by atoms with Crippen LogP contribution in [-0.2, 0) is 19.2 Å². The maximum atomic E-state index is 9.90. The highest BCUT2D eigenvalue weighted by Crippen LogP contribution is 2.05. The number of rotatable bonds is 20. The van der Waals surface area contributed by atoms with Crippen molar-refractivity contribution < 1.29 is 121 Å². The van der Waals surface area contributed by atoms with Gasteiger partial charge in [-0.2, -0.15) is 0 Å². The van der Waals surface area contributed by atoms with Crippen LogP contribution in [-0.4, -0.2) is 251 Å². The maximum absolute atomic E-state index is 9.90. The van der Waals surface area contributed by atoms with Gasteiger partial charge >= 0.3 is 0 Å². The van der Waals surface area contributed by atoms with Crippen molar-refractivity contribution in [2.24, 2.45) is 0 Å². The minimum atomic E-state index is -1.79. The standard InChI is InChI=1S/4C6H12O6/c4*7-1-3(9)5(11)6(12)4(10)2-8/h4*1,3-6,8-12H,2H2/t2*3-,4+,5+,6+;2*3-,4+,5+,6-/m0000/s1. The average Bonchev–Trinajstić information content (AvgIpc) is 3.12. The lowest BCUT2D eigenvalue weighted by molar-refractivity contribution is -0.136. The van der Waals surface area contributed by atoms with Crippen molar-refractivity contribution in [2.45, 2.75) is 97.7 Å². The second-order valence-corrected chi connectivity index (χ2v) is 9.43. The molecule has 0 aromatic heterocycles. The van der Waals surface area contributed by atoms with Crippen molar-refractivity contribution in [3.05, 3.63) is 0 Å². The molecule has 0 spiro atoms. The van der Waals surface area contributed by atoms with E-state index in [2.05, 4.69) is 0 Å². The molecule has 0 amide bonds. The summed E-state index contributed by atoms with van der Waals surface area (Å²) in [6.45, 7) is -3.04. The molecule has 24 heteroatoms. The van der Waals surface area contributed by atoms with Crippen LogP contribution in [0.15, 0.2) is 0 Å². The number of carbonyl (C=O) groups excluding carboxylic acids is 4. The Labute approximate surface area is 271 Å². The van der Waals surface area contributed by atoms with Gasteiger partial charge in [-0.1, -0.05) is 0 Å². The molecule has 0 aliphatic carbocycles. The summed E-state index contributed by atoms with van der Waals surface area (Å²) in [7, 11) is 0. The van der Waals surface area contributed by atoms with E-state index < -0.39 is 124 Å². The Balaban J connectivity index is -0.000000269. The molecule has 20 N–H and O–H groups in total. The summed E-state index contributed by atoms with van der Waals surface area (Å²) in [6, 6.07) is 0. The molecule has 0 saturated carbocycles. The predicted molar refractivity (Wildman–Crippen MR) is 149 cm³/mol. The van der Waals surface area contributed by atoms with Crippen molar-refractivity contribution in [3.8, 4) is 0 Å². The van der Waals surface area contributed by atoms with Gasteiger partial charge in [-0.15, -0.1) is 0 Å². The van der Waals surface area contributed by atoms with Gasteiger partial charge in [0.2, 0.25) is 0 Å². The van der Waals surface area contributed by atoms with E-state index >= 15 is 0 Å². The Bertz CT molecular complexity index is 680. The quantitative estimate of drug-likeness (QED) is 0.0519. The topological polar surface area (TPSA) is 473 Å². The second kappa shape index (κ2) is 29.8. The molecule has 48 heavy (non-hydrogen) atoms. The Hall–Kier alpha value is -2.12. The highest BCUT2D eigenvalue weighted by atomic mass is 16.4. The fourth-order valence-electron chi connectivity index (χ4n) is 2.47. The zero-order valence-electron chi connectivity index (χ0n) is 25.0. The van der Waals surface area contributed by atoms with E-state index in [1.807, 2.05) is 0 Å². The van der Waals surface area contributed by atoms with Crippen molar-refractivity contribution >= 4 is 25.1 Å². The van der Waals surface area contributed by atoms with Crippen LogP contribution in [0.4, 0.5) is 0 Å². The first-order valence-electron chi connectivity index (χ1n) is 13.3. The van der Waals surface area contributed by atoms with Crippen molar-refractivity contribution in [2.75, 3.05) is 26.4 Å². The number of hydrogen-bond acceptors (Lipinski definition) is 24. The third-order valence-corrected chi connectivity index (χ3v) is 5.68. The van der Waals surface area contributed by atoms with Crippen LogP contribution >= 0.6 is 0 Å². The van der Waals surface area contributed by atoms with Crippen LogP contribution in [0.3, 0.4) is 0 Å². The molecule has 0 aliphatic rings. The van der Waals surface area contributed by atoms with Crippen LogP contribution in [0.5, 0.6) is 0 Å². The summed E-state index contributed by atoms with van der Waals surface area (Å²) < 4.78 is 0. The summed E-state index contributed by atoms with van der Waals surface area (Å²) in [4.78, 5) is 39.6. The summed E-state index contributed by atoms with van der Waals surface area (Å²) in [6.07, 6.45) is -27.4. The third-order valence-electron chi connectivity index (χ3n) is 5.68. The highest BCUT2D eigenvalue weighted by Gasteiger charge is 2.32. The molecule has 0 saturated heterocycles. The van der Waals surface area contributed by atoms with Crippen LogP contribution < -0.4 is 0 Å². The Kier molecular flexibility index (Phi) is 32.7. The molecular weight excluding hydrogens is 672 g/mol. The number of hydrogen-bond donors (Lipinski definition) is 20. The number of aliphatic hydroxyl groups excluding tert-OH is 20. The number of aldehydes is 4. The van der Waals surface area contributed by atoms with Crippen LogP contribution in [0.2, 0.25) is 0 Å². The van der Waals surface area contributed by atoms with E-state index in [1.54, 1.807) is 0 Å². The molecule has 0 unspecified atom stereocenters. The smallest absolute Gasteiger partial charge is 0.151 e. The maximum Gasteiger partial charge on any atom is 0.151 e. The fourth-order valence-corrected chi connectivity index (χ4v) is 2.47. The first-order chi connectivity index (χ1) is 22.2. The molecule has 0 aromatic carbocycles. The molecule has 288 valence electrons. The molecule has 0 aliphatic heterocycles. The number of aliphatic hydroxyl groups is 20. The van der Waals surface area contributed by atoms with E-state index in [1.165, 1.54) is 0 Å². The van der Waals surface area contributed by atoms with Gasteiger partial charge in [0.1, 0.15) is 97.7 Å². The van der Waals surface area contributed by atoms with Crippen molar-refractivity contribution in [1.82, 2.24) is 0 Å². The van der Waals surface area contributed by atoms with Crippen molar-refractivity contribution in [1.29, 1.82) is 0 Å². The summed E-state index contributed by atoms with van der Waals surface area (Å²) in [5, 5.41) is 174. The minimum Gasteiger partial charge on any atom is -0.394 e. The van der Waals surface area contributed by atoms with Gasteiger partial charge in [0.05, 0.1) is 26.4 Å². The monoisotopic (exact) mass is 720 g/mol. The molecule has 0 aromatic rings. The van der Waals surface area contributed by atoms with E-state index in [9.17, 15) is 19.2 Å². The number of carbonyl (C=O) groups is 4. The van der Waals surface area contributed by atoms with E-state index in [0.717, 1.165) is 0 Å². The Morgan fingerprint density at radius 2 is 0.396 bits per heavy atom. The molecule has 0 fully saturated rings. The molecule has 0 radical (unpaired) electrons. The molecule has 0 heterocycles. The lowest BCUT2D eigenvalue weighted by atomic mass is 10.0. The van der Waals surface area contributed by atoms with Gasteiger partial charge in [0.25, 0.3) is 0 Å². The van der Waals surface area contributed by atoms with Crippen LogP contribution in [0.25, 0.3) is 0 Å². The zero-order valence-corrected chi connectivity index (χ0v) is 25.0. The van der Waals surface area contributed by atoms with E-state index in [0.29, 0.717) is 0 Å². The summed E-state index contributed by atoms with van der Waals surface area (Å²) in [5.41, 5.74) is 0. The lowest BCUT2D eigenvalue weighted by Gasteiger charge is -2.22. The Morgan fingerprint density at radius 3 is 0.479 bits per heavy atom. The van der Waals surface area contributed by atoms with E-state index in [4.69, 9.17) is 102 Å². The fraction of sp³-hybridized carbons (Fsp3) is 0.833. The van der Waals surface area contributed by atoms with Gasteiger partial charge in [-0.3, -0.25) is 0 Å². The van der Waals surface area contributed by atoms with Crippen molar-refractivity contribution in [3.63, 3.8) is 0 Å². The van der Waals surface area contributed by atoms with Gasteiger partial charge in [-0.05, 0) is 0 Å². The van der Waals surface area contributed by atoms with E-state index in [-0.39, 0.29) is 25.1 Å². The zero-order chi connectivity index (χ0) is 38.9. The SMILES string of the molecule is O=C[C@H](O)[C@@H](O)[C@@H](O)[C@H](O)CO.O=C[C@H](O)[C@@H](O)[C@@H](O)[C@H](O)CO.O=C[C@H](O)[C@@H](O)[C@H](O)[C@H](O)CO.O=C[C@H](O)[C@@H](O)[C@H](O)[C@H](O)CO. The first-order valence-corrected chi connectivity index (χ1v) is 13.3. The molecule has 16 atom stereocenters. The summed E-state index contributed by atoms with van der Waals surface area (Å²) >= 11 is 0. The Morgan fingerprint density at radius 1 is 0.271 bits per heavy atom. The van der Waals surface area contributed by atoms with Gasteiger partial charge in [0.15, 0.2) is 25.1 Å². The first kappa shape index (κ1) is 52.7. The third kappa shape index (κ3) is 21.1. The van der Waals surface area contributed by atoms with Gasteiger partial charge < -0.3 is 121 Å². The molecule has 0 bridgehead atoms. The normalized spacial score (nSPS) is 21.1. The molecular formula is C24H48O24. The van der Waals surface area contributed by atoms with Crippen LogP contribution in [0.1, 0.15) is 0 Å². The molecule has 0 rings (SSSR count).